The first-order valence-corrected chi connectivity index (χ1v) is 9.69. The van der Waals surface area contributed by atoms with Crippen molar-refractivity contribution < 1.29 is 24.0 Å². The first-order valence-electron chi connectivity index (χ1n) is 9.69. The first-order chi connectivity index (χ1) is 14.9. The molecule has 0 radical (unpaired) electrons. The SMILES string of the molecule is COc1cccc(NC(=O)CN(C)C(=O)c2ccc(N3CCOCC3)c([N+](=O)[O-])c2)c1. The number of rotatable bonds is 7. The number of carbonyl (C=O) groups is 2. The number of nitrogens with zero attached hydrogens (tertiary/aromatic N) is 3. The van der Waals surface area contributed by atoms with E-state index in [1.807, 2.05) is 4.90 Å². The van der Waals surface area contributed by atoms with Gasteiger partial charge in [0.2, 0.25) is 5.91 Å². The van der Waals surface area contributed by atoms with Crippen LogP contribution in [0.4, 0.5) is 17.1 Å². The topological polar surface area (TPSA) is 114 Å². The maximum absolute atomic E-state index is 12.8. The molecule has 10 heteroatoms. The third kappa shape index (κ3) is 5.48. The van der Waals surface area contributed by atoms with Crippen molar-refractivity contribution in [3.63, 3.8) is 0 Å². The highest BCUT2D eigenvalue weighted by molar-refractivity contribution is 6.00. The zero-order chi connectivity index (χ0) is 22.4. The Labute approximate surface area is 179 Å². The fraction of sp³-hybridized carbons (Fsp3) is 0.333. The number of likely N-dealkylation sites (N-methyl/N-ethyl adjacent to an activating group) is 1. The second kappa shape index (κ2) is 9.90. The predicted molar refractivity (Wildman–Crippen MR) is 115 cm³/mol. The van der Waals surface area contributed by atoms with Gasteiger partial charge in [-0.3, -0.25) is 19.7 Å². The van der Waals surface area contributed by atoms with Crippen molar-refractivity contribution in [2.24, 2.45) is 0 Å². The molecule has 1 aliphatic rings. The van der Waals surface area contributed by atoms with Gasteiger partial charge in [-0.05, 0) is 24.3 Å². The van der Waals surface area contributed by atoms with Crippen molar-refractivity contribution in [1.82, 2.24) is 4.90 Å². The van der Waals surface area contributed by atoms with E-state index in [0.717, 1.165) is 0 Å². The van der Waals surface area contributed by atoms with Crippen LogP contribution in [0.1, 0.15) is 10.4 Å². The fourth-order valence-corrected chi connectivity index (χ4v) is 3.28. The number of ether oxygens (including phenoxy) is 2. The Morgan fingerprint density at radius 1 is 1.23 bits per heavy atom. The minimum absolute atomic E-state index is 0.139. The molecule has 0 atom stereocenters. The standard InChI is InChI=1S/C21H24N4O6/c1-23(14-20(26)22-16-4-3-5-17(13-16)30-2)21(27)15-6-7-18(19(12-15)25(28)29)24-8-10-31-11-9-24/h3-7,12-13H,8-11,14H2,1-2H3,(H,22,26). The van der Waals surface area contributed by atoms with Crippen molar-refractivity contribution in [3.05, 3.63) is 58.1 Å². The molecule has 1 aliphatic heterocycles. The molecule has 0 aliphatic carbocycles. The summed E-state index contributed by atoms with van der Waals surface area (Å²) in [6.45, 7) is 1.85. The Morgan fingerprint density at radius 3 is 2.65 bits per heavy atom. The lowest BCUT2D eigenvalue weighted by atomic mass is 10.1. The number of nitro groups is 1. The molecule has 2 aromatic carbocycles. The number of benzene rings is 2. The Balaban J connectivity index is 1.69. The van der Waals surface area contributed by atoms with Crippen LogP contribution in [-0.2, 0) is 9.53 Å². The zero-order valence-electron chi connectivity index (χ0n) is 17.4. The summed E-state index contributed by atoms with van der Waals surface area (Å²) in [5.41, 5.74) is 0.973. The molecule has 1 saturated heterocycles. The summed E-state index contributed by atoms with van der Waals surface area (Å²) in [5, 5.41) is 14.3. The molecule has 2 aromatic rings. The van der Waals surface area contributed by atoms with Crippen LogP contribution in [0, 0.1) is 10.1 Å². The van der Waals surface area contributed by atoms with E-state index in [1.165, 1.54) is 31.2 Å². The number of nitrogens with one attached hydrogen (secondary N) is 1. The summed E-state index contributed by atoms with van der Waals surface area (Å²) in [5.74, 6) is -0.296. The highest BCUT2D eigenvalue weighted by atomic mass is 16.6. The molecule has 10 nitrogen and oxygen atoms in total. The zero-order valence-corrected chi connectivity index (χ0v) is 17.4. The molecule has 31 heavy (non-hydrogen) atoms. The lowest BCUT2D eigenvalue weighted by Crippen LogP contribution is -2.37. The van der Waals surface area contributed by atoms with Crippen molar-refractivity contribution >= 4 is 28.9 Å². The summed E-state index contributed by atoms with van der Waals surface area (Å²) in [6, 6.07) is 11.2. The van der Waals surface area contributed by atoms with Crippen LogP contribution in [-0.4, -0.2) is 68.6 Å². The van der Waals surface area contributed by atoms with Gasteiger partial charge >= 0.3 is 0 Å². The van der Waals surface area contributed by atoms with Crippen LogP contribution >= 0.6 is 0 Å². The van der Waals surface area contributed by atoms with Crippen LogP contribution in [0.25, 0.3) is 0 Å². The number of amides is 2. The Morgan fingerprint density at radius 2 is 1.97 bits per heavy atom. The van der Waals surface area contributed by atoms with Gasteiger partial charge in [0.15, 0.2) is 0 Å². The lowest BCUT2D eigenvalue weighted by Gasteiger charge is -2.28. The monoisotopic (exact) mass is 428 g/mol. The van der Waals surface area contributed by atoms with Crippen LogP contribution in [0.3, 0.4) is 0 Å². The third-order valence-electron chi connectivity index (χ3n) is 4.85. The van der Waals surface area contributed by atoms with Crippen molar-refractivity contribution in [3.8, 4) is 5.75 Å². The number of hydrogen-bond acceptors (Lipinski definition) is 7. The van der Waals surface area contributed by atoms with Crippen LogP contribution in [0.15, 0.2) is 42.5 Å². The normalized spacial score (nSPS) is 13.4. The van der Waals surface area contributed by atoms with E-state index in [-0.39, 0.29) is 17.8 Å². The maximum Gasteiger partial charge on any atom is 0.293 e. The van der Waals surface area contributed by atoms with E-state index in [2.05, 4.69) is 5.32 Å². The molecule has 0 unspecified atom stereocenters. The predicted octanol–water partition coefficient (Wildman–Crippen LogP) is 2.15. The van der Waals surface area contributed by atoms with E-state index < -0.39 is 16.7 Å². The second-order valence-corrected chi connectivity index (χ2v) is 7.00. The van der Waals surface area contributed by atoms with Gasteiger partial charge < -0.3 is 24.6 Å². The lowest BCUT2D eigenvalue weighted by molar-refractivity contribution is -0.384. The summed E-state index contributed by atoms with van der Waals surface area (Å²) >= 11 is 0. The number of anilines is 2. The second-order valence-electron chi connectivity index (χ2n) is 7.00. The van der Waals surface area contributed by atoms with Crippen LogP contribution < -0.4 is 15.0 Å². The van der Waals surface area contributed by atoms with Crippen molar-refractivity contribution in [2.45, 2.75) is 0 Å². The average molecular weight is 428 g/mol. The van der Waals surface area contributed by atoms with Gasteiger partial charge in [-0.1, -0.05) is 6.07 Å². The molecule has 0 aromatic heterocycles. The molecular weight excluding hydrogens is 404 g/mol. The Bertz CT molecular complexity index is 974. The molecule has 164 valence electrons. The Kier molecular flexibility index (Phi) is 7.03. The van der Waals surface area contributed by atoms with Gasteiger partial charge in [-0.2, -0.15) is 0 Å². The fourth-order valence-electron chi connectivity index (χ4n) is 3.28. The van der Waals surface area contributed by atoms with Gasteiger partial charge in [0.25, 0.3) is 11.6 Å². The largest absolute Gasteiger partial charge is 0.497 e. The van der Waals surface area contributed by atoms with Crippen molar-refractivity contribution in [2.75, 3.05) is 57.2 Å². The molecule has 0 saturated carbocycles. The molecule has 1 fully saturated rings. The van der Waals surface area contributed by atoms with E-state index in [4.69, 9.17) is 9.47 Å². The van der Waals surface area contributed by atoms with Gasteiger partial charge in [0.05, 0.1) is 31.8 Å². The van der Waals surface area contributed by atoms with E-state index in [0.29, 0.717) is 43.4 Å². The number of methoxy groups -OCH3 is 1. The highest BCUT2D eigenvalue weighted by Gasteiger charge is 2.24. The highest BCUT2D eigenvalue weighted by Crippen LogP contribution is 2.30. The van der Waals surface area contributed by atoms with E-state index >= 15 is 0 Å². The van der Waals surface area contributed by atoms with E-state index in [9.17, 15) is 19.7 Å². The minimum Gasteiger partial charge on any atom is -0.497 e. The van der Waals surface area contributed by atoms with E-state index in [1.54, 1.807) is 30.3 Å². The van der Waals surface area contributed by atoms with Gasteiger partial charge in [0, 0.05) is 43.5 Å². The maximum atomic E-state index is 12.8. The molecule has 0 spiro atoms. The summed E-state index contributed by atoms with van der Waals surface area (Å²) in [4.78, 5) is 39.2. The number of carbonyl (C=O) groups excluding carboxylic acids is 2. The number of nitro benzene ring substituents is 1. The molecular formula is C21H24N4O6. The van der Waals surface area contributed by atoms with Gasteiger partial charge in [-0.25, -0.2) is 0 Å². The molecule has 1 N–H and O–H groups in total. The van der Waals surface area contributed by atoms with Crippen LogP contribution in [0.2, 0.25) is 0 Å². The molecule has 3 rings (SSSR count). The average Bonchev–Trinajstić information content (AvgIpc) is 2.78. The summed E-state index contributed by atoms with van der Waals surface area (Å²) in [6.07, 6.45) is 0. The summed E-state index contributed by atoms with van der Waals surface area (Å²) in [7, 11) is 2.99. The van der Waals surface area contributed by atoms with Crippen molar-refractivity contribution in [1.29, 1.82) is 0 Å². The Hall–Kier alpha value is -3.66. The number of hydrogen-bond donors (Lipinski definition) is 1. The summed E-state index contributed by atoms with van der Waals surface area (Å²) < 4.78 is 10.4. The smallest absolute Gasteiger partial charge is 0.293 e. The quantitative estimate of drug-likeness (QED) is 0.531. The third-order valence-corrected chi connectivity index (χ3v) is 4.85. The molecule has 1 heterocycles. The first kappa shape index (κ1) is 22.0. The molecule has 0 bridgehead atoms. The van der Waals surface area contributed by atoms with Gasteiger partial charge in [0.1, 0.15) is 11.4 Å². The minimum atomic E-state index is -0.503. The van der Waals surface area contributed by atoms with Gasteiger partial charge in [-0.15, -0.1) is 0 Å². The van der Waals surface area contributed by atoms with Crippen LogP contribution in [0.5, 0.6) is 5.75 Å². The molecule has 2 amide bonds. The number of morpholine rings is 1.